The molecule has 1 saturated heterocycles. The number of aromatic nitrogens is 1. The first-order valence-electron chi connectivity index (χ1n) is 14.1. The molecule has 2 aliphatic rings. The molecular weight excluding hydrogens is 624 g/mol. The molecule has 3 aromatic rings. The van der Waals surface area contributed by atoms with Crippen molar-refractivity contribution in [2.45, 2.75) is 79.7 Å². The van der Waals surface area contributed by atoms with E-state index in [-0.39, 0.29) is 35.7 Å². The van der Waals surface area contributed by atoms with Crippen molar-refractivity contribution in [1.29, 1.82) is 0 Å². The number of carbonyl (C=O) groups is 2. The predicted molar refractivity (Wildman–Crippen MR) is 153 cm³/mol. The van der Waals surface area contributed by atoms with Crippen molar-refractivity contribution in [3.63, 3.8) is 0 Å². The molecule has 1 aliphatic carbocycles. The van der Waals surface area contributed by atoms with Crippen LogP contribution in [0.15, 0.2) is 65.7 Å². The monoisotopic (exact) mass is 653 g/mol. The lowest BCUT2D eigenvalue weighted by molar-refractivity contribution is -0.376. The number of hydrogen-bond donors (Lipinski definition) is 2. The number of alkyl halides is 6. The van der Waals surface area contributed by atoms with Crippen molar-refractivity contribution >= 4 is 23.7 Å². The Morgan fingerprint density at radius 1 is 1.02 bits per heavy atom. The Balaban J connectivity index is 1.35. The van der Waals surface area contributed by atoms with Crippen molar-refractivity contribution in [2.24, 2.45) is 0 Å². The average molecular weight is 654 g/mol. The van der Waals surface area contributed by atoms with E-state index in [0.29, 0.717) is 29.4 Å². The van der Waals surface area contributed by atoms with E-state index in [1.165, 1.54) is 31.2 Å². The van der Waals surface area contributed by atoms with Gasteiger partial charge >= 0.3 is 18.4 Å². The molecule has 14 heteroatoms. The topological polar surface area (TPSA) is 91.8 Å². The van der Waals surface area contributed by atoms with Crippen LogP contribution in [0.1, 0.15) is 55.5 Å². The van der Waals surface area contributed by atoms with Crippen molar-refractivity contribution in [3.8, 4) is 11.5 Å². The smallest absolute Gasteiger partial charge is 0.430 e. The Kier molecular flexibility index (Phi) is 8.60. The number of carbonyl (C=O) groups excluding carboxylic acids is 2. The van der Waals surface area contributed by atoms with Crippen LogP contribution in [0.3, 0.4) is 0 Å². The summed E-state index contributed by atoms with van der Waals surface area (Å²) in [5, 5.41) is 13.2. The van der Waals surface area contributed by atoms with E-state index < -0.39 is 41.0 Å². The molecule has 1 aliphatic heterocycles. The summed E-state index contributed by atoms with van der Waals surface area (Å²) < 4.78 is 86.6. The third-order valence-electron chi connectivity index (χ3n) is 7.69. The summed E-state index contributed by atoms with van der Waals surface area (Å²) in [6.45, 7) is 3.06. The molecule has 0 radical (unpaired) electrons. The zero-order valence-corrected chi connectivity index (χ0v) is 24.9. The Morgan fingerprint density at radius 2 is 1.69 bits per heavy atom. The number of aryl methyl sites for hydroxylation is 1. The summed E-state index contributed by atoms with van der Waals surface area (Å²) in [4.78, 5) is 32.6. The molecular formula is C31H29F6N3O4S. The molecule has 2 fully saturated rings. The summed E-state index contributed by atoms with van der Waals surface area (Å²) in [6, 6.07) is 11.7. The highest BCUT2D eigenvalue weighted by atomic mass is 32.2. The molecule has 0 bridgehead atoms. The van der Waals surface area contributed by atoms with Gasteiger partial charge in [-0.25, -0.2) is 4.79 Å². The Morgan fingerprint density at radius 3 is 2.29 bits per heavy atom. The number of nitrogens with one attached hydrogen (secondary N) is 1. The van der Waals surface area contributed by atoms with E-state index in [9.17, 15) is 41.0 Å². The van der Waals surface area contributed by atoms with Crippen molar-refractivity contribution in [3.05, 3.63) is 83.2 Å². The maximum atomic E-state index is 13.5. The fourth-order valence-corrected chi connectivity index (χ4v) is 6.08. The molecule has 7 nitrogen and oxygen atoms in total. The molecule has 1 atom stereocenters. The summed E-state index contributed by atoms with van der Waals surface area (Å²) >= 11 is 1.77. The van der Waals surface area contributed by atoms with E-state index in [1.807, 2.05) is 24.3 Å². The number of pyridine rings is 1. The molecule has 5 rings (SSSR count). The van der Waals surface area contributed by atoms with Crippen molar-refractivity contribution < 1.29 is 45.8 Å². The molecule has 3 amide bonds. The number of rotatable bonds is 10. The molecule has 1 saturated carbocycles. The molecule has 2 heterocycles. The summed E-state index contributed by atoms with van der Waals surface area (Å²) in [5.74, 6) is -0.410. The van der Waals surface area contributed by atoms with Gasteiger partial charge in [0.1, 0.15) is 17.0 Å². The van der Waals surface area contributed by atoms with Crippen LogP contribution in [0.5, 0.6) is 11.5 Å². The van der Waals surface area contributed by atoms with Crippen LogP contribution in [0.2, 0.25) is 0 Å². The molecule has 1 aromatic heterocycles. The van der Waals surface area contributed by atoms with Crippen LogP contribution in [0, 0.1) is 0 Å². The van der Waals surface area contributed by atoms with E-state index in [4.69, 9.17) is 4.74 Å². The van der Waals surface area contributed by atoms with E-state index in [1.54, 1.807) is 25.6 Å². The number of thioether (sulfide) groups is 1. The molecule has 2 N–H and O–H groups in total. The van der Waals surface area contributed by atoms with Crippen LogP contribution in [0.4, 0.5) is 31.1 Å². The number of benzene rings is 2. The van der Waals surface area contributed by atoms with E-state index in [2.05, 4.69) is 10.3 Å². The number of aliphatic hydroxyl groups is 1. The number of ether oxygens (including phenoxy) is 1. The summed E-state index contributed by atoms with van der Waals surface area (Å²) in [5.41, 5.74) is -6.89. The first-order valence-corrected chi connectivity index (χ1v) is 15.0. The van der Waals surface area contributed by atoms with E-state index >= 15 is 0 Å². The first-order chi connectivity index (χ1) is 21.1. The van der Waals surface area contributed by atoms with Gasteiger partial charge in [0.25, 0.3) is 11.5 Å². The van der Waals surface area contributed by atoms with Gasteiger partial charge in [0, 0.05) is 28.0 Å². The van der Waals surface area contributed by atoms with Gasteiger partial charge in [0.15, 0.2) is 0 Å². The minimum absolute atomic E-state index is 0.00621. The highest BCUT2D eigenvalue weighted by molar-refractivity contribution is 8.00. The Hall–Kier alpha value is -3.78. The average Bonchev–Trinajstić information content (AvgIpc) is 3.76. The normalized spacial score (nSPS) is 19.2. The fraction of sp³-hybridized carbons (Fsp3) is 0.387. The minimum atomic E-state index is -6.02. The largest absolute Gasteiger partial charge is 0.457 e. The van der Waals surface area contributed by atoms with Crippen LogP contribution in [-0.2, 0) is 28.9 Å². The quantitative estimate of drug-likeness (QED) is 0.176. The van der Waals surface area contributed by atoms with Gasteiger partial charge in [0.2, 0.25) is 0 Å². The van der Waals surface area contributed by atoms with Crippen LogP contribution in [0.25, 0.3) is 0 Å². The van der Waals surface area contributed by atoms with Gasteiger partial charge in [-0.2, -0.15) is 26.3 Å². The fourth-order valence-electron chi connectivity index (χ4n) is 5.03. The lowest BCUT2D eigenvalue weighted by atomic mass is 9.90. The van der Waals surface area contributed by atoms with Gasteiger partial charge in [-0.1, -0.05) is 31.5 Å². The third kappa shape index (κ3) is 6.35. The lowest BCUT2D eigenvalue weighted by Crippen LogP contribution is -2.53. The third-order valence-corrected chi connectivity index (χ3v) is 9.04. The van der Waals surface area contributed by atoms with Crippen molar-refractivity contribution in [1.82, 2.24) is 15.2 Å². The summed E-state index contributed by atoms with van der Waals surface area (Å²) in [7, 11) is 0. The molecule has 1 unspecified atom stereocenters. The molecule has 2 aromatic carbocycles. The number of nitrogens with zero attached hydrogens (tertiary/aromatic N) is 2. The van der Waals surface area contributed by atoms with Gasteiger partial charge in [-0.05, 0) is 67.6 Å². The zero-order valence-electron chi connectivity index (χ0n) is 24.1. The minimum Gasteiger partial charge on any atom is -0.457 e. The number of imide groups is 1. The molecule has 240 valence electrons. The highest BCUT2D eigenvalue weighted by Gasteiger charge is 2.71. The standard InChI is InChI=1S/C31H29F6N3O4S/c1-3-4-18-15-20(29(43,30(32,33)34)31(35,36)37)7-12-25(18)44-22-13-14-38-21(16-22)17-40-26(41)28(2,39-27(40)42)19-5-8-23(9-6-19)45-24-10-11-24/h5-9,12-16,24,43H,3-4,10-11,17H2,1-2H3,(H,39,42). The van der Waals surface area contributed by atoms with Crippen molar-refractivity contribution in [2.75, 3.05) is 0 Å². The molecule has 45 heavy (non-hydrogen) atoms. The molecule has 0 spiro atoms. The second-order valence-electron chi connectivity index (χ2n) is 11.2. The lowest BCUT2D eigenvalue weighted by Gasteiger charge is -2.33. The highest BCUT2D eigenvalue weighted by Crippen LogP contribution is 2.51. The van der Waals surface area contributed by atoms with Crippen LogP contribution >= 0.6 is 11.8 Å². The Labute approximate surface area is 259 Å². The van der Waals surface area contributed by atoms with Gasteiger partial charge < -0.3 is 15.2 Å². The number of hydrogen-bond acceptors (Lipinski definition) is 6. The van der Waals surface area contributed by atoms with Gasteiger partial charge in [-0.3, -0.25) is 14.7 Å². The first kappa shape index (κ1) is 32.6. The number of halogens is 6. The Bertz CT molecular complexity index is 1580. The second kappa shape index (κ2) is 11.9. The maximum absolute atomic E-state index is 13.5. The van der Waals surface area contributed by atoms with E-state index in [0.717, 1.165) is 15.9 Å². The number of amides is 3. The summed E-state index contributed by atoms with van der Waals surface area (Å²) in [6.07, 6.45) is -7.96. The van der Waals surface area contributed by atoms with Gasteiger partial charge in [0.05, 0.1) is 12.2 Å². The SMILES string of the molecule is CCCc1cc(C(O)(C(F)(F)F)C(F)(F)F)ccc1Oc1ccnc(CN2C(=O)NC(C)(c3ccc(SC4CC4)cc3)C2=O)c1. The number of urea groups is 1. The van der Waals surface area contributed by atoms with Crippen LogP contribution in [-0.4, -0.2) is 44.5 Å². The van der Waals surface area contributed by atoms with Crippen LogP contribution < -0.4 is 10.1 Å². The maximum Gasteiger partial charge on any atom is 0.430 e. The second-order valence-corrected chi connectivity index (χ2v) is 12.5. The van der Waals surface area contributed by atoms with Gasteiger partial charge in [-0.15, -0.1) is 11.8 Å². The zero-order chi connectivity index (χ0) is 32.8. The predicted octanol–water partition coefficient (Wildman–Crippen LogP) is 7.36.